The van der Waals surface area contributed by atoms with Crippen LogP contribution in [0.25, 0.3) is 0 Å². The summed E-state index contributed by atoms with van der Waals surface area (Å²) in [6.07, 6.45) is 0.0335. The van der Waals surface area contributed by atoms with Crippen molar-refractivity contribution in [2.75, 3.05) is 25.6 Å². The lowest BCUT2D eigenvalue weighted by Crippen LogP contribution is -2.46. The Kier molecular flexibility index (Phi) is 8.35. The van der Waals surface area contributed by atoms with Crippen LogP contribution in [-0.2, 0) is 23.9 Å². The highest BCUT2D eigenvalue weighted by molar-refractivity contribution is 7.80. The maximum Gasteiger partial charge on any atom is 0.338 e. The van der Waals surface area contributed by atoms with Crippen LogP contribution in [0, 0.1) is 0 Å². The standard InChI is InChI=1S/C21H27N3O5S/c1-5-28-17(26)11-10-16(25)22-15-9-7-8-14(12-15)19-18(20(27)29-6-2)13(3)24(4)21(30)23-19/h7-9,12,19H,5-6,10-11H2,1-4H3,(H,22,25)(H,23,30). The Morgan fingerprint density at radius 2 is 1.87 bits per heavy atom. The van der Waals surface area contributed by atoms with Crippen molar-refractivity contribution in [3.05, 3.63) is 41.1 Å². The van der Waals surface area contributed by atoms with Gasteiger partial charge in [-0.3, -0.25) is 9.59 Å². The zero-order valence-corrected chi connectivity index (χ0v) is 18.4. The van der Waals surface area contributed by atoms with Crippen LogP contribution in [0.2, 0.25) is 0 Å². The molecule has 1 aromatic carbocycles. The summed E-state index contributed by atoms with van der Waals surface area (Å²) in [5, 5.41) is 6.41. The summed E-state index contributed by atoms with van der Waals surface area (Å²) in [7, 11) is 1.78. The highest BCUT2D eigenvalue weighted by atomic mass is 32.1. The van der Waals surface area contributed by atoms with E-state index in [1.54, 1.807) is 44.0 Å². The molecule has 0 saturated heterocycles. The Balaban J connectivity index is 2.22. The molecule has 0 aromatic heterocycles. The van der Waals surface area contributed by atoms with Crippen molar-refractivity contribution in [2.45, 2.75) is 39.7 Å². The minimum absolute atomic E-state index is 0.0130. The molecule has 0 fully saturated rings. The molecule has 8 nitrogen and oxygen atoms in total. The highest BCUT2D eigenvalue weighted by Crippen LogP contribution is 2.31. The number of hydrogen-bond acceptors (Lipinski definition) is 6. The minimum atomic E-state index is -0.510. The van der Waals surface area contributed by atoms with Gasteiger partial charge in [-0.25, -0.2) is 4.79 Å². The van der Waals surface area contributed by atoms with Crippen molar-refractivity contribution in [2.24, 2.45) is 0 Å². The van der Waals surface area contributed by atoms with Crippen LogP contribution >= 0.6 is 12.2 Å². The van der Waals surface area contributed by atoms with Gasteiger partial charge in [0, 0.05) is 24.9 Å². The molecule has 1 aliphatic heterocycles. The molecule has 0 spiro atoms. The highest BCUT2D eigenvalue weighted by Gasteiger charge is 2.33. The SMILES string of the molecule is CCOC(=O)CCC(=O)Nc1cccc(C2NC(=S)N(C)C(C)=C2C(=O)OCC)c1. The molecule has 0 aliphatic carbocycles. The van der Waals surface area contributed by atoms with Gasteiger partial charge in [0.25, 0.3) is 0 Å². The number of hydrogen-bond donors (Lipinski definition) is 2. The zero-order chi connectivity index (χ0) is 22.3. The van der Waals surface area contributed by atoms with E-state index in [-0.39, 0.29) is 32.0 Å². The van der Waals surface area contributed by atoms with Crippen molar-refractivity contribution >= 4 is 40.9 Å². The molecule has 2 rings (SSSR count). The van der Waals surface area contributed by atoms with Gasteiger partial charge >= 0.3 is 11.9 Å². The van der Waals surface area contributed by atoms with Crippen LogP contribution in [0.4, 0.5) is 5.69 Å². The first-order valence-electron chi connectivity index (χ1n) is 9.76. The molecule has 0 radical (unpaired) electrons. The molecule has 0 saturated carbocycles. The number of esters is 2. The van der Waals surface area contributed by atoms with E-state index in [0.29, 0.717) is 22.1 Å². The third kappa shape index (κ3) is 5.79. The van der Waals surface area contributed by atoms with Gasteiger partial charge in [0.05, 0.1) is 31.2 Å². The lowest BCUT2D eigenvalue weighted by atomic mass is 9.95. The molecule has 0 bridgehead atoms. The van der Waals surface area contributed by atoms with E-state index < -0.39 is 18.0 Å². The van der Waals surface area contributed by atoms with Gasteiger partial charge in [-0.2, -0.15) is 0 Å². The fourth-order valence-corrected chi connectivity index (χ4v) is 3.28. The Morgan fingerprint density at radius 1 is 1.17 bits per heavy atom. The lowest BCUT2D eigenvalue weighted by Gasteiger charge is -2.35. The number of carbonyl (C=O) groups excluding carboxylic acids is 3. The second-order valence-corrected chi connectivity index (χ2v) is 7.03. The van der Waals surface area contributed by atoms with Crippen LogP contribution in [-0.4, -0.2) is 48.1 Å². The predicted octanol–water partition coefficient (Wildman–Crippen LogP) is 2.67. The van der Waals surface area contributed by atoms with Crippen LogP contribution in [0.1, 0.15) is 45.2 Å². The molecule has 1 amide bonds. The number of ether oxygens (including phenoxy) is 2. The van der Waals surface area contributed by atoms with E-state index in [2.05, 4.69) is 10.6 Å². The van der Waals surface area contributed by atoms with Crippen molar-refractivity contribution in [1.29, 1.82) is 0 Å². The number of carbonyl (C=O) groups is 3. The number of nitrogens with one attached hydrogen (secondary N) is 2. The fourth-order valence-electron chi connectivity index (χ4n) is 3.03. The zero-order valence-electron chi connectivity index (χ0n) is 17.6. The molecular weight excluding hydrogens is 406 g/mol. The molecule has 1 heterocycles. The van der Waals surface area contributed by atoms with Crippen molar-refractivity contribution in [1.82, 2.24) is 10.2 Å². The summed E-state index contributed by atoms with van der Waals surface area (Å²) in [6.45, 7) is 5.82. The average Bonchev–Trinajstić information content (AvgIpc) is 2.70. The maximum atomic E-state index is 12.6. The molecular formula is C21H27N3O5S. The van der Waals surface area contributed by atoms with Gasteiger partial charge in [-0.15, -0.1) is 0 Å². The number of allylic oxidation sites excluding steroid dienone is 1. The van der Waals surface area contributed by atoms with E-state index in [0.717, 1.165) is 5.56 Å². The third-order valence-corrected chi connectivity index (χ3v) is 5.01. The second-order valence-electron chi connectivity index (χ2n) is 6.64. The quantitative estimate of drug-likeness (QED) is 0.477. The van der Waals surface area contributed by atoms with Gasteiger partial charge < -0.3 is 25.0 Å². The summed E-state index contributed by atoms with van der Waals surface area (Å²) >= 11 is 5.38. The number of anilines is 1. The molecule has 1 aromatic rings. The third-order valence-electron chi connectivity index (χ3n) is 4.61. The summed E-state index contributed by atoms with van der Waals surface area (Å²) in [5.74, 6) is -1.14. The predicted molar refractivity (Wildman–Crippen MR) is 117 cm³/mol. The van der Waals surface area contributed by atoms with Crippen LogP contribution < -0.4 is 10.6 Å². The second kappa shape index (κ2) is 10.7. The van der Waals surface area contributed by atoms with Gasteiger partial charge in [-0.1, -0.05) is 12.1 Å². The first-order chi connectivity index (χ1) is 14.3. The van der Waals surface area contributed by atoms with Crippen LogP contribution in [0.15, 0.2) is 35.5 Å². The number of rotatable bonds is 8. The molecule has 30 heavy (non-hydrogen) atoms. The minimum Gasteiger partial charge on any atom is -0.466 e. The summed E-state index contributed by atoms with van der Waals surface area (Å²) in [4.78, 5) is 37.9. The Labute approximate surface area is 181 Å². The van der Waals surface area contributed by atoms with E-state index in [4.69, 9.17) is 21.7 Å². The van der Waals surface area contributed by atoms with E-state index in [1.165, 1.54) is 0 Å². The number of benzene rings is 1. The van der Waals surface area contributed by atoms with E-state index in [1.807, 2.05) is 13.0 Å². The van der Waals surface area contributed by atoms with Gasteiger partial charge in [0.2, 0.25) is 5.91 Å². The molecule has 9 heteroatoms. The Hall–Kier alpha value is -2.94. The molecule has 1 unspecified atom stereocenters. The van der Waals surface area contributed by atoms with Gasteiger partial charge in [0.15, 0.2) is 5.11 Å². The summed E-state index contributed by atoms with van der Waals surface area (Å²) in [5.41, 5.74) is 2.45. The number of thiocarbonyl (C=S) groups is 1. The average molecular weight is 434 g/mol. The largest absolute Gasteiger partial charge is 0.466 e. The van der Waals surface area contributed by atoms with Crippen LogP contribution in [0.5, 0.6) is 0 Å². The van der Waals surface area contributed by atoms with Crippen molar-refractivity contribution < 1.29 is 23.9 Å². The summed E-state index contributed by atoms with van der Waals surface area (Å²) in [6, 6.07) is 6.60. The van der Waals surface area contributed by atoms with Gasteiger partial charge in [0.1, 0.15) is 0 Å². The molecule has 1 atom stereocenters. The molecule has 162 valence electrons. The van der Waals surface area contributed by atoms with E-state index in [9.17, 15) is 14.4 Å². The number of nitrogens with zero attached hydrogens (tertiary/aromatic N) is 1. The molecule has 2 N–H and O–H groups in total. The Morgan fingerprint density at radius 3 is 2.53 bits per heavy atom. The maximum absolute atomic E-state index is 12.6. The van der Waals surface area contributed by atoms with Gasteiger partial charge in [-0.05, 0) is 50.7 Å². The smallest absolute Gasteiger partial charge is 0.338 e. The first kappa shape index (κ1) is 23.3. The Bertz CT molecular complexity index is 868. The van der Waals surface area contributed by atoms with Crippen LogP contribution in [0.3, 0.4) is 0 Å². The fraction of sp³-hybridized carbons (Fsp3) is 0.429. The van der Waals surface area contributed by atoms with Crippen molar-refractivity contribution in [3.8, 4) is 0 Å². The summed E-state index contributed by atoms with van der Waals surface area (Å²) < 4.78 is 10.1. The monoisotopic (exact) mass is 433 g/mol. The first-order valence-corrected chi connectivity index (χ1v) is 10.2. The number of amides is 1. The lowest BCUT2D eigenvalue weighted by molar-refractivity contribution is -0.144. The van der Waals surface area contributed by atoms with Crippen molar-refractivity contribution in [3.63, 3.8) is 0 Å². The molecule has 1 aliphatic rings. The topological polar surface area (TPSA) is 97.0 Å². The normalized spacial score (nSPS) is 16.1. The van der Waals surface area contributed by atoms with E-state index >= 15 is 0 Å².